The van der Waals surface area contributed by atoms with Gasteiger partial charge < -0.3 is 9.13 Å². The first-order valence-corrected chi connectivity index (χ1v) is 5.79. The molecule has 3 rings (SSSR count). The average Bonchev–Trinajstić information content (AvgIpc) is 2.99. The molecule has 0 amide bonds. The molecule has 3 nitrogen and oxygen atoms in total. The van der Waals surface area contributed by atoms with E-state index in [1.165, 1.54) is 12.1 Å². The summed E-state index contributed by atoms with van der Waals surface area (Å²) in [7, 11) is 0. The lowest BCUT2D eigenvalue weighted by Gasteiger charge is -2.03. The summed E-state index contributed by atoms with van der Waals surface area (Å²) in [4.78, 5) is 3.96. The third-order valence-electron chi connectivity index (χ3n) is 2.83. The van der Waals surface area contributed by atoms with E-state index in [0.717, 1.165) is 11.6 Å². The van der Waals surface area contributed by atoms with Crippen molar-refractivity contribution in [3.05, 3.63) is 67.0 Å². The van der Waals surface area contributed by atoms with Crippen molar-refractivity contribution in [2.24, 2.45) is 0 Å². The van der Waals surface area contributed by atoms with Gasteiger partial charge in [-0.15, -0.1) is 0 Å². The van der Waals surface area contributed by atoms with Crippen LogP contribution in [0, 0.1) is 11.6 Å². The molecule has 0 bridgehead atoms. The summed E-state index contributed by atoms with van der Waals surface area (Å²) in [5.41, 5.74) is 1.31. The van der Waals surface area contributed by atoms with Gasteiger partial charge in [0.15, 0.2) is 0 Å². The van der Waals surface area contributed by atoms with E-state index >= 15 is 0 Å². The van der Waals surface area contributed by atoms with E-state index in [4.69, 9.17) is 0 Å². The molecule has 0 saturated carbocycles. The van der Waals surface area contributed by atoms with Gasteiger partial charge in [0, 0.05) is 30.9 Å². The molecule has 3 aromatic rings. The number of benzene rings is 1. The van der Waals surface area contributed by atoms with Crippen LogP contribution in [0.15, 0.2) is 55.4 Å². The van der Waals surface area contributed by atoms with Crippen molar-refractivity contribution in [2.45, 2.75) is 6.67 Å². The van der Waals surface area contributed by atoms with E-state index in [1.54, 1.807) is 12.5 Å². The van der Waals surface area contributed by atoms with Crippen LogP contribution in [-0.2, 0) is 6.67 Å². The van der Waals surface area contributed by atoms with Gasteiger partial charge >= 0.3 is 0 Å². The van der Waals surface area contributed by atoms with E-state index in [2.05, 4.69) is 4.98 Å². The van der Waals surface area contributed by atoms with Gasteiger partial charge in [-0.05, 0) is 29.3 Å². The van der Waals surface area contributed by atoms with Gasteiger partial charge in [0.2, 0.25) is 0 Å². The summed E-state index contributed by atoms with van der Waals surface area (Å²) < 4.78 is 30.1. The quantitative estimate of drug-likeness (QED) is 0.708. The highest BCUT2D eigenvalue weighted by Gasteiger charge is 2.05. The maximum atomic E-state index is 13.2. The van der Waals surface area contributed by atoms with Crippen molar-refractivity contribution in [3.63, 3.8) is 0 Å². The molecule has 2 aromatic heterocycles. The fourth-order valence-electron chi connectivity index (χ4n) is 1.98. The van der Waals surface area contributed by atoms with E-state index in [1.807, 2.05) is 33.8 Å². The molecule has 0 spiro atoms. The minimum Gasteiger partial charge on any atom is -0.335 e. The van der Waals surface area contributed by atoms with Crippen LogP contribution >= 0.6 is 0 Å². The smallest absolute Gasteiger partial charge is 0.126 e. The van der Waals surface area contributed by atoms with Crippen LogP contribution in [0.1, 0.15) is 0 Å². The largest absolute Gasteiger partial charge is 0.335 e. The van der Waals surface area contributed by atoms with Crippen LogP contribution in [0.2, 0.25) is 0 Å². The van der Waals surface area contributed by atoms with Crippen molar-refractivity contribution in [3.8, 4) is 11.1 Å². The number of rotatable bonds is 3. The van der Waals surface area contributed by atoms with Crippen LogP contribution in [0.4, 0.5) is 8.78 Å². The predicted octanol–water partition coefficient (Wildman–Crippen LogP) is 3.14. The number of imidazole rings is 1. The number of aromatic nitrogens is 3. The van der Waals surface area contributed by atoms with Gasteiger partial charge in [0.1, 0.15) is 11.6 Å². The van der Waals surface area contributed by atoms with E-state index in [9.17, 15) is 8.78 Å². The zero-order chi connectivity index (χ0) is 13.2. The van der Waals surface area contributed by atoms with Gasteiger partial charge in [-0.2, -0.15) is 0 Å². The summed E-state index contributed by atoms with van der Waals surface area (Å²) >= 11 is 0. The van der Waals surface area contributed by atoms with Crippen molar-refractivity contribution in [2.75, 3.05) is 0 Å². The molecule has 0 N–H and O–H groups in total. The Bertz CT molecular complexity index is 666. The molecule has 96 valence electrons. The van der Waals surface area contributed by atoms with Crippen molar-refractivity contribution in [1.82, 2.24) is 14.1 Å². The summed E-state index contributed by atoms with van der Waals surface area (Å²) in [6.07, 6.45) is 8.96. The Morgan fingerprint density at radius 1 is 0.947 bits per heavy atom. The van der Waals surface area contributed by atoms with Crippen LogP contribution < -0.4 is 0 Å². The topological polar surface area (TPSA) is 22.8 Å². The van der Waals surface area contributed by atoms with Gasteiger partial charge in [0.05, 0.1) is 13.0 Å². The van der Waals surface area contributed by atoms with Crippen molar-refractivity contribution >= 4 is 0 Å². The molecule has 1 aromatic carbocycles. The van der Waals surface area contributed by atoms with Gasteiger partial charge in [-0.1, -0.05) is 0 Å². The highest BCUT2D eigenvalue weighted by molar-refractivity contribution is 5.62. The lowest BCUT2D eigenvalue weighted by Crippen LogP contribution is -2.03. The molecule has 0 aliphatic carbocycles. The van der Waals surface area contributed by atoms with E-state index in [0.29, 0.717) is 12.2 Å². The monoisotopic (exact) mass is 259 g/mol. The maximum Gasteiger partial charge on any atom is 0.126 e. The van der Waals surface area contributed by atoms with Crippen LogP contribution in [-0.4, -0.2) is 14.1 Å². The number of nitrogens with zero attached hydrogens (tertiary/aromatic N) is 3. The molecule has 0 fully saturated rings. The minimum absolute atomic E-state index is 0.530. The first-order chi connectivity index (χ1) is 9.20. The Hall–Kier alpha value is -2.43. The maximum absolute atomic E-state index is 13.2. The van der Waals surface area contributed by atoms with E-state index in [-0.39, 0.29) is 0 Å². The third kappa shape index (κ3) is 2.54. The van der Waals surface area contributed by atoms with Crippen LogP contribution in [0.3, 0.4) is 0 Å². The average molecular weight is 259 g/mol. The highest BCUT2D eigenvalue weighted by atomic mass is 19.1. The first-order valence-electron chi connectivity index (χ1n) is 5.79. The summed E-state index contributed by atoms with van der Waals surface area (Å²) in [5.74, 6) is -1.14. The second-order valence-corrected chi connectivity index (χ2v) is 4.29. The molecule has 0 radical (unpaired) electrons. The SMILES string of the molecule is Fc1cc(F)cc(-c2ccn(Cn3ccnc3)c2)c1. The third-order valence-corrected chi connectivity index (χ3v) is 2.83. The molecule has 0 atom stereocenters. The predicted molar refractivity (Wildman–Crippen MR) is 67.4 cm³/mol. The fourth-order valence-corrected chi connectivity index (χ4v) is 1.98. The Morgan fingerprint density at radius 3 is 2.42 bits per heavy atom. The van der Waals surface area contributed by atoms with Crippen molar-refractivity contribution < 1.29 is 8.78 Å². The Labute approximate surface area is 108 Å². The van der Waals surface area contributed by atoms with E-state index < -0.39 is 11.6 Å². The molecule has 0 unspecified atom stereocenters. The Balaban J connectivity index is 1.88. The second-order valence-electron chi connectivity index (χ2n) is 4.29. The second kappa shape index (κ2) is 4.68. The standard InChI is InChI=1S/C14H11F2N3/c15-13-5-12(6-14(16)7-13)11-1-3-18(8-11)10-19-4-2-17-9-19/h1-9H,10H2. The zero-order valence-corrected chi connectivity index (χ0v) is 10.0. The molecule has 0 aliphatic rings. The van der Waals surface area contributed by atoms with Crippen LogP contribution in [0.5, 0.6) is 0 Å². The molecule has 5 heteroatoms. The van der Waals surface area contributed by atoms with Crippen LogP contribution in [0.25, 0.3) is 11.1 Å². The molecule has 2 heterocycles. The molecular weight excluding hydrogens is 248 g/mol. The summed E-state index contributed by atoms with van der Waals surface area (Å²) in [6, 6.07) is 5.33. The van der Waals surface area contributed by atoms with Gasteiger partial charge in [-0.25, -0.2) is 13.8 Å². The molecular formula is C14H11F2N3. The number of hydrogen-bond acceptors (Lipinski definition) is 1. The lowest BCUT2D eigenvalue weighted by atomic mass is 10.1. The number of hydrogen-bond donors (Lipinski definition) is 0. The van der Waals surface area contributed by atoms with Gasteiger partial charge in [-0.3, -0.25) is 0 Å². The van der Waals surface area contributed by atoms with Crippen molar-refractivity contribution in [1.29, 1.82) is 0 Å². The molecule has 0 saturated heterocycles. The summed E-state index contributed by atoms with van der Waals surface area (Å²) in [6.45, 7) is 0.609. The molecule has 19 heavy (non-hydrogen) atoms. The lowest BCUT2D eigenvalue weighted by molar-refractivity contribution is 0.584. The number of halogens is 2. The molecule has 0 aliphatic heterocycles. The minimum atomic E-state index is -0.572. The Morgan fingerprint density at radius 2 is 1.74 bits per heavy atom. The fraction of sp³-hybridized carbons (Fsp3) is 0.0714. The Kier molecular flexibility index (Phi) is 2.87. The summed E-state index contributed by atoms with van der Waals surface area (Å²) in [5, 5.41) is 0. The first kappa shape index (κ1) is 11.6. The normalized spacial score (nSPS) is 10.8. The zero-order valence-electron chi connectivity index (χ0n) is 10.0. The highest BCUT2D eigenvalue weighted by Crippen LogP contribution is 2.22. The van der Waals surface area contributed by atoms with Gasteiger partial charge in [0.25, 0.3) is 0 Å².